The molecule has 2 rings (SSSR count). The first-order chi connectivity index (χ1) is 6.84. The number of alkyl halides is 1. The van der Waals surface area contributed by atoms with Crippen molar-refractivity contribution in [3.8, 4) is 0 Å². The van der Waals surface area contributed by atoms with Gasteiger partial charge in [0.25, 0.3) is 0 Å². The summed E-state index contributed by atoms with van der Waals surface area (Å²) >= 11 is 6.08. The van der Waals surface area contributed by atoms with Crippen LogP contribution in [0.2, 0.25) is 0 Å². The van der Waals surface area contributed by atoms with Gasteiger partial charge in [-0.3, -0.25) is 0 Å². The zero-order chi connectivity index (χ0) is 9.80. The molecule has 1 N–H and O–H groups in total. The van der Waals surface area contributed by atoms with Gasteiger partial charge in [0.05, 0.1) is 0 Å². The highest BCUT2D eigenvalue weighted by molar-refractivity contribution is 6.20. The molecular formula is C12H22ClN. The minimum Gasteiger partial charge on any atom is -0.316 e. The summed E-state index contributed by atoms with van der Waals surface area (Å²) in [6, 6.07) is 0. The Morgan fingerprint density at radius 1 is 0.857 bits per heavy atom. The lowest BCUT2D eigenvalue weighted by Crippen LogP contribution is -2.32. The molecule has 0 radical (unpaired) electrons. The van der Waals surface area contributed by atoms with Crippen LogP contribution in [-0.4, -0.2) is 18.5 Å². The van der Waals surface area contributed by atoms with E-state index in [1.165, 1.54) is 58.0 Å². The molecule has 2 saturated carbocycles. The highest BCUT2D eigenvalue weighted by Gasteiger charge is 2.20. The van der Waals surface area contributed by atoms with Gasteiger partial charge in [0.1, 0.15) is 0 Å². The van der Waals surface area contributed by atoms with Crippen LogP contribution in [0.3, 0.4) is 0 Å². The van der Waals surface area contributed by atoms with Crippen LogP contribution in [0.4, 0.5) is 0 Å². The molecule has 0 atom stereocenters. The highest BCUT2D eigenvalue weighted by Crippen LogP contribution is 2.28. The van der Waals surface area contributed by atoms with Crippen LogP contribution < -0.4 is 5.32 Å². The molecule has 0 spiro atoms. The second-order valence-electron chi connectivity index (χ2n) is 5.07. The van der Waals surface area contributed by atoms with Crippen molar-refractivity contribution in [2.75, 3.05) is 13.1 Å². The highest BCUT2D eigenvalue weighted by atomic mass is 35.5. The number of nitrogens with one attached hydrogen (secondary N) is 1. The second-order valence-corrected chi connectivity index (χ2v) is 5.69. The Labute approximate surface area is 92.6 Å². The number of rotatable bonds is 4. The van der Waals surface area contributed by atoms with Gasteiger partial charge in [0.2, 0.25) is 0 Å². The van der Waals surface area contributed by atoms with Gasteiger partial charge in [0, 0.05) is 5.38 Å². The molecule has 2 heteroatoms. The topological polar surface area (TPSA) is 12.0 Å². The predicted molar refractivity (Wildman–Crippen MR) is 61.8 cm³/mol. The SMILES string of the molecule is ClC1CCC(CNCC2CCC2)CC1. The van der Waals surface area contributed by atoms with E-state index in [0.717, 1.165) is 11.8 Å². The van der Waals surface area contributed by atoms with Crippen LogP contribution >= 0.6 is 11.6 Å². The van der Waals surface area contributed by atoms with Gasteiger partial charge < -0.3 is 5.32 Å². The van der Waals surface area contributed by atoms with E-state index in [1.54, 1.807) is 0 Å². The molecule has 2 aliphatic carbocycles. The lowest BCUT2D eigenvalue weighted by atomic mass is 9.85. The fourth-order valence-corrected chi connectivity index (χ4v) is 2.77. The molecule has 82 valence electrons. The van der Waals surface area contributed by atoms with Crippen molar-refractivity contribution in [2.24, 2.45) is 11.8 Å². The summed E-state index contributed by atoms with van der Waals surface area (Å²) < 4.78 is 0. The summed E-state index contributed by atoms with van der Waals surface area (Å²) in [6.07, 6.45) is 9.53. The fraction of sp³-hybridized carbons (Fsp3) is 1.00. The van der Waals surface area contributed by atoms with Crippen molar-refractivity contribution >= 4 is 11.6 Å². The molecule has 0 aromatic carbocycles. The minimum atomic E-state index is 0.470. The molecule has 14 heavy (non-hydrogen) atoms. The van der Waals surface area contributed by atoms with Gasteiger partial charge in [0.15, 0.2) is 0 Å². The normalized spacial score (nSPS) is 34.1. The Kier molecular flexibility index (Phi) is 4.12. The summed E-state index contributed by atoms with van der Waals surface area (Å²) in [5, 5.41) is 4.10. The second kappa shape index (κ2) is 5.37. The first-order valence-electron chi connectivity index (χ1n) is 6.19. The monoisotopic (exact) mass is 215 g/mol. The fourth-order valence-electron chi connectivity index (χ4n) is 2.51. The van der Waals surface area contributed by atoms with Gasteiger partial charge in [-0.05, 0) is 63.5 Å². The lowest BCUT2D eigenvalue weighted by molar-refractivity contribution is 0.280. The van der Waals surface area contributed by atoms with Crippen molar-refractivity contribution in [1.29, 1.82) is 0 Å². The predicted octanol–water partition coefficient (Wildman–Crippen LogP) is 3.17. The Bertz CT molecular complexity index is 160. The van der Waals surface area contributed by atoms with Crippen LogP contribution in [0.15, 0.2) is 0 Å². The minimum absolute atomic E-state index is 0.470. The van der Waals surface area contributed by atoms with Crippen LogP contribution in [-0.2, 0) is 0 Å². The van der Waals surface area contributed by atoms with Crippen LogP contribution in [0, 0.1) is 11.8 Å². The van der Waals surface area contributed by atoms with E-state index in [0.29, 0.717) is 5.38 Å². The Balaban J connectivity index is 1.52. The third-order valence-electron chi connectivity index (χ3n) is 3.87. The van der Waals surface area contributed by atoms with E-state index in [2.05, 4.69) is 5.32 Å². The molecule has 0 aliphatic heterocycles. The zero-order valence-corrected chi connectivity index (χ0v) is 9.73. The van der Waals surface area contributed by atoms with E-state index >= 15 is 0 Å². The van der Waals surface area contributed by atoms with E-state index < -0.39 is 0 Å². The smallest absolute Gasteiger partial charge is 0.0336 e. The quantitative estimate of drug-likeness (QED) is 0.711. The van der Waals surface area contributed by atoms with Crippen molar-refractivity contribution in [1.82, 2.24) is 5.32 Å². The molecule has 0 aromatic rings. The molecule has 0 bridgehead atoms. The molecule has 0 saturated heterocycles. The molecule has 0 aromatic heterocycles. The number of halogens is 1. The summed E-state index contributed by atoms with van der Waals surface area (Å²) in [5.74, 6) is 1.91. The molecule has 2 fully saturated rings. The summed E-state index contributed by atoms with van der Waals surface area (Å²) in [4.78, 5) is 0. The lowest BCUT2D eigenvalue weighted by Gasteiger charge is -2.28. The molecular weight excluding hydrogens is 194 g/mol. The maximum atomic E-state index is 6.08. The molecule has 2 aliphatic rings. The van der Waals surface area contributed by atoms with Gasteiger partial charge in [-0.15, -0.1) is 11.6 Å². The van der Waals surface area contributed by atoms with E-state index in [1.807, 2.05) is 0 Å². The van der Waals surface area contributed by atoms with Gasteiger partial charge in [-0.1, -0.05) is 6.42 Å². The molecule has 1 nitrogen and oxygen atoms in total. The third kappa shape index (κ3) is 3.13. The largest absolute Gasteiger partial charge is 0.316 e. The summed E-state index contributed by atoms with van der Waals surface area (Å²) in [5.41, 5.74) is 0. The third-order valence-corrected chi connectivity index (χ3v) is 4.30. The van der Waals surface area contributed by atoms with Crippen LogP contribution in [0.25, 0.3) is 0 Å². The maximum absolute atomic E-state index is 6.08. The average Bonchev–Trinajstić information content (AvgIpc) is 2.12. The molecule has 0 amide bonds. The van der Waals surface area contributed by atoms with E-state index in [9.17, 15) is 0 Å². The number of hydrogen-bond acceptors (Lipinski definition) is 1. The zero-order valence-electron chi connectivity index (χ0n) is 8.97. The maximum Gasteiger partial charge on any atom is 0.0336 e. The Morgan fingerprint density at radius 2 is 1.43 bits per heavy atom. The Hall–Kier alpha value is 0.250. The standard InChI is InChI=1S/C12H22ClN/c13-12-6-4-11(5-7-12)9-14-8-10-2-1-3-10/h10-12,14H,1-9H2. The van der Waals surface area contributed by atoms with Crippen LogP contribution in [0.5, 0.6) is 0 Å². The van der Waals surface area contributed by atoms with E-state index in [4.69, 9.17) is 11.6 Å². The number of hydrogen-bond donors (Lipinski definition) is 1. The van der Waals surface area contributed by atoms with Gasteiger partial charge in [-0.2, -0.15) is 0 Å². The van der Waals surface area contributed by atoms with Crippen molar-refractivity contribution in [3.63, 3.8) is 0 Å². The first kappa shape index (κ1) is 10.8. The van der Waals surface area contributed by atoms with Crippen molar-refractivity contribution in [2.45, 2.75) is 50.3 Å². The summed E-state index contributed by atoms with van der Waals surface area (Å²) in [7, 11) is 0. The summed E-state index contributed by atoms with van der Waals surface area (Å²) in [6.45, 7) is 2.50. The van der Waals surface area contributed by atoms with Gasteiger partial charge >= 0.3 is 0 Å². The van der Waals surface area contributed by atoms with Crippen molar-refractivity contribution < 1.29 is 0 Å². The molecule has 0 heterocycles. The first-order valence-corrected chi connectivity index (χ1v) is 6.63. The van der Waals surface area contributed by atoms with Crippen LogP contribution in [0.1, 0.15) is 44.9 Å². The van der Waals surface area contributed by atoms with Crippen molar-refractivity contribution in [3.05, 3.63) is 0 Å². The van der Waals surface area contributed by atoms with E-state index in [-0.39, 0.29) is 0 Å². The van der Waals surface area contributed by atoms with Gasteiger partial charge in [-0.25, -0.2) is 0 Å². The Morgan fingerprint density at radius 3 is 1.93 bits per heavy atom. The molecule has 0 unspecified atom stereocenters. The average molecular weight is 216 g/mol.